The molecule has 1 aromatic carbocycles. The van der Waals surface area contributed by atoms with Crippen LogP contribution >= 0.6 is 0 Å². The van der Waals surface area contributed by atoms with Crippen LogP contribution in [0.1, 0.15) is 42.2 Å². The van der Waals surface area contributed by atoms with Gasteiger partial charge in [0.2, 0.25) is 5.82 Å². The number of alkyl halides is 3. The van der Waals surface area contributed by atoms with E-state index in [9.17, 15) is 31.5 Å². The lowest BCUT2D eigenvalue weighted by atomic mass is 9.74. The Bertz CT molecular complexity index is 1110. The van der Waals surface area contributed by atoms with Crippen LogP contribution < -0.4 is 15.8 Å². The van der Waals surface area contributed by atoms with Crippen molar-refractivity contribution in [2.24, 2.45) is 11.7 Å². The molecule has 0 bridgehead atoms. The normalized spacial score (nSPS) is 24.6. The quantitative estimate of drug-likeness (QED) is 0.601. The fourth-order valence-corrected chi connectivity index (χ4v) is 4.37. The fraction of sp³-hybridized carbons (Fsp3) is 0.409. The summed E-state index contributed by atoms with van der Waals surface area (Å²) in [6.07, 6.45) is -5.58. The summed E-state index contributed by atoms with van der Waals surface area (Å²) in [5, 5.41) is 2.39. The predicted molar refractivity (Wildman–Crippen MR) is 110 cm³/mol. The van der Waals surface area contributed by atoms with Gasteiger partial charge in [-0.3, -0.25) is 14.6 Å². The number of halogens is 5. The number of pyridine rings is 1. The Hall–Kier alpha value is -3.28. The van der Waals surface area contributed by atoms with Crippen molar-refractivity contribution < 1.29 is 41.0 Å². The maximum atomic E-state index is 14.5. The van der Waals surface area contributed by atoms with Crippen LogP contribution in [0.2, 0.25) is 0 Å². The summed E-state index contributed by atoms with van der Waals surface area (Å²) < 4.78 is 80.9. The highest BCUT2D eigenvalue weighted by molar-refractivity contribution is 5.97. The number of amides is 2. The van der Waals surface area contributed by atoms with Gasteiger partial charge in [-0.1, -0.05) is 13.0 Å². The van der Waals surface area contributed by atoms with Crippen LogP contribution in [0.3, 0.4) is 0 Å². The molecule has 0 radical (unpaired) electrons. The molecule has 3 N–H and O–H groups in total. The van der Waals surface area contributed by atoms with Crippen molar-refractivity contribution in [1.29, 1.82) is 0 Å². The molecule has 1 aliphatic rings. The number of hydrogen-bond donors (Lipinski definition) is 2. The van der Waals surface area contributed by atoms with E-state index in [0.717, 1.165) is 32.2 Å². The smallest absolute Gasteiger partial charge is 0.417 e. The van der Waals surface area contributed by atoms with Gasteiger partial charge in [-0.25, -0.2) is 4.39 Å². The molecule has 2 aromatic rings. The van der Waals surface area contributed by atoms with Gasteiger partial charge in [0.25, 0.3) is 11.8 Å². The molecule has 1 aromatic heterocycles. The van der Waals surface area contributed by atoms with Gasteiger partial charge in [0.15, 0.2) is 17.2 Å². The molecule has 0 spiro atoms. The molecule has 34 heavy (non-hydrogen) atoms. The number of nitrogens with two attached hydrogens (primary N) is 1. The summed E-state index contributed by atoms with van der Waals surface area (Å²) in [7, 11) is 1.04. The number of carbonyl (C=O) groups is 2. The Morgan fingerprint density at radius 1 is 1.26 bits per heavy atom. The first kappa shape index (κ1) is 25.3. The van der Waals surface area contributed by atoms with Crippen LogP contribution in [-0.2, 0) is 9.53 Å². The van der Waals surface area contributed by atoms with E-state index in [1.54, 1.807) is 0 Å². The molecule has 2 heterocycles. The van der Waals surface area contributed by atoms with Crippen molar-refractivity contribution in [1.82, 2.24) is 4.98 Å². The van der Waals surface area contributed by atoms with Crippen molar-refractivity contribution in [2.45, 2.75) is 44.1 Å². The standard InChI is InChI=1S/C22H22F5N3O4/c1-4-12-15(11-5-6-13(23)16(24)17(11)33-3)18(34-21(12,2)22(25,26)27)20(32)30-10-7-8-29-14(9-10)19(28)31/h5-9,12,15,18H,4H2,1-3H3,(H2,28,31)(H,29,30,32)/t12-,15+,18-,21-/m1/s1. The van der Waals surface area contributed by atoms with Crippen LogP contribution in [0.25, 0.3) is 0 Å². The molecule has 0 aliphatic carbocycles. The van der Waals surface area contributed by atoms with E-state index in [1.165, 1.54) is 19.2 Å². The highest BCUT2D eigenvalue weighted by atomic mass is 19.4. The SMILES string of the molecule is CC[C@@H]1[C@H](c2ccc(F)c(F)c2OC)[C@H](C(=O)Nc2ccnc(C(N)=O)c2)O[C@@]1(C)C(F)(F)F. The van der Waals surface area contributed by atoms with Gasteiger partial charge in [0, 0.05) is 29.3 Å². The number of benzene rings is 1. The minimum absolute atomic E-state index is 0.0297. The van der Waals surface area contributed by atoms with E-state index >= 15 is 0 Å². The summed E-state index contributed by atoms with van der Waals surface area (Å²) in [6.45, 7) is 2.28. The molecule has 0 unspecified atom stereocenters. The number of methoxy groups -OCH3 is 1. The van der Waals surface area contributed by atoms with E-state index in [2.05, 4.69) is 10.3 Å². The first-order chi connectivity index (χ1) is 15.9. The molecular weight excluding hydrogens is 465 g/mol. The van der Waals surface area contributed by atoms with Crippen molar-refractivity contribution in [3.8, 4) is 5.75 Å². The zero-order chi connectivity index (χ0) is 25.4. The Kier molecular flexibility index (Phi) is 6.83. The van der Waals surface area contributed by atoms with E-state index in [0.29, 0.717) is 0 Å². The number of rotatable bonds is 6. The molecule has 2 amide bonds. The summed E-state index contributed by atoms with van der Waals surface area (Å²) in [4.78, 5) is 28.2. The Labute approximate surface area is 191 Å². The lowest BCUT2D eigenvalue weighted by molar-refractivity contribution is -0.274. The Morgan fingerprint density at radius 2 is 1.94 bits per heavy atom. The lowest BCUT2D eigenvalue weighted by Crippen LogP contribution is -2.48. The Balaban J connectivity index is 2.11. The number of carbonyl (C=O) groups excluding carboxylic acids is 2. The van der Waals surface area contributed by atoms with Crippen LogP contribution in [-0.4, -0.2) is 41.8 Å². The second kappa shape index (κ2) is 9.16. The van der Waals surface area contributed by atoms with Crippen LogP contribution in [0.15, 0.2) is 30.5 Å². The second-order valence-electron chi connectivity index (χ2n) is 7.95. The van der Waals surface area contributed by atoms with Crippen molar-refractivity contribution in [3.05, 3.63) is 53.4 Å². The number of nitrogens with one attached hydrogen (secondary N) is 1. The molecule has 184 valence electrons. The first-order valence-electron chi connectivity index (χ1n) is 10.2. The van der Waals surface area contributed by atoms with E-state index in [1.807, 2.05) is 0 Å². The van der Waals surface area contributed by atoms with E-state index in [-0.39, 0.29) is 23.4 Å². The fourth-order valence-electron chi connectivity index (χ4n) is 4.37. The maximum Gasteiger partial charge on any atom is 0.417 e. The third-order valence-corrected chi connectivity index (χ3v) is 6.02. The lowest BCUT2D eigenvalue weighted by Gasteiger charge is -2.33. The van der Waals surface area contributed by atoms with Crippen LogP contribution in [0.4, 0.5) is 27.6 Å². The molecule has 7 nitrogen and oxygen atoms in total. The van der Waals surface area contributed by atoms with Gasteiger partial charge in [-0.2, -0.15) is 17.6 Å². The first-order valence-corrected chi connectivity index (χ1v) is 10.2. The van der Waals surface area contributed by atoms with E-state index in [4.69, 9.17) is 15.2 Å². The third kappa shape index (κ3) is 4.29. The largest absolute Gasteiger partial charge is 0.493 e. The number of primary amides is 1. The summed E-state index contributed by atoms with van der Waals surface area (Å²) >= 11 is 0. The van der Waals surface area contributed by atoms with Crippen molar-refractivity contribution in [3.63, 3.8) is 0 Å². The van der Waals surface area contributed by atoms with Crippen LogP contribution in [0, 0.1) is 17.6 Å². The molecule has 12 heteroatoms. The molecule has 3 rings (SSSR count). The van der Waals surface area contributed by atoms with Crippen LogP contribution in [0.5, 0.6) is 5.75 Å². The average molecular weight is 487 g/mol. The van der Waals surface area contributed by atoms with Crippen molar-refractivity contribution in [2.75, 3.05) is 12.4 Å². The van der Waals surface area contributed by atoms with E-state index < -0.39 is 58.9 Å². The average Bonchev–Trinajstić information content (AvgIpc) is 3.09. The number of ether oxygens (including phenoxy) is 2. The minimum atomic E-state index is -4.89. The zero-order valence-electron chi connectivity index (χ0n) is 18.4. The molecule has 0 saturated carbocycles. The number of anilines is 1. The molecule has 4 atom stereocenters. The summed E-state index contributed by atoms with van der Waals surface area (Å²) in [5.41, 5.74) is 2.09. The minimum Gasteiger partial charge on any atom is -0.493 e. The highest BCUT2D eigenvalue weighted by Gasteiger charge is 2.66. The molecule has 1 saturated heterocycles. The monoisotopic (exact) mass is 487 g/mol. The topological polar surface area (TPSA) is 104 Å². The number of nitrogens with zero attached hydrogens (tertiary/aromatic N) is 1. The maximum absolute atomic E-state index is 14.5. The third-order valence-electron chi connectivity index (χ3n) is 6.02. The number of hydrogen-bond acceptors (Lipinski definition) is 5. The number of aromatic nitrogens is 1. The molecule has 1 aliphatic heterocycles. The second-order valence-corrected chi connectivity index (χ2v) is 7.95. The van der Waals surface area contributed by atoms with Gasteiger partial charge in [0.1, 0.15) is 11.8 Å². The summed E-state index contributed by atoms with van der Waals surface area (Å²) in [5.74, 6) is -7.84. The van der Waals surface area contributed by atoms with Gasteiger partial charge >= 0.3 is 6.18 Å². The zero-order valence-corrected chi connectivity index (χ0v) is 18.4. The highest BCUT2D eigenvalue weighted by Crippen LogP contribution is 2.56. The van der Waals surface area contributed by atoms with Gasteiger partial charge in [0.05, 0.1) is 7.11 Å². The van der Waals surface area contributed by atoms with Gasteiger partial charge in [-0.05, 0) is 31.5 Å². The molecular formula is C22H22F5N3O4. The van der Waals surface area contributed by atoms with Gasteiger partial charge < -0.3 is 20.5 Å². The summed E-state index contributed by atoms with van der Waals surface area (Å²) in [6, 6.07) is 4.27. The molecule has 1 fully saturated rings. The predicted octanol–water partition coefficient (Wildman–Crippen LogP) is 3.94. The van der Waals surface area contributed by atoms with Crippen molar-refractivity contribution >= 4 is 17.5 Å². The van der Waals surface area contributed by atoms with Gasteiger partial charge in [-0.15, -0.1) is 0 Å². The Morgan fingerprint density at radius 3 is 2.50 bits per heavy atom.